The highest BCUT2D eigenvalue weighted by molar-refractivity contribution is 7.22. The molecule has 3 rings (SSSR count). The molecule has 4 nitrogen and oxygen atoms in total. The molecule has 96 valence electrons. The summed E-state index contributed by atoms with van der Waals surface area (Å²) < 4.78 is 1.09. The quantitative estimate of drug-likeness (QED) is 0.728. The number of aliphatic hydroxyl groups excluding tert-OH is 1. The fourth-order valence-electron chi connectivity index (χ4n) is 2.44. The molecule has 2 aromatic rings. The maximum absolute atomic E-state index is 9.94. The van der Waals surface area contributed by atoms with E-state index in [1.165, 1.54) is 6.42 Å². The first-order valence-corrected chi connectivity index (χ1v) is 7.15. The molecule has 1 aromatic carbocycles. The van der Waals surface area contributed by atoms with Crippen molar-refractivity contribution in [1.82, 2.24) is 4.98 Å². The highest BCUT2D eigenvalue weighted by Crippen LogP contribution is 2.30. The summed E-state index contributed by atoms with van der Waals surface area (Å²) in [5, 5.41) is 14.2. The molecule has 0 spiro atoms. The molecule has 18 heavy (non-hydrogen) atoms. The summed E-state index contributed by atoms with van der Waals surface area (Å²) >= 11 is 1.59. The molecule has 1 aliphatic rings. The summed E-state index contributed by atoms with van der Waals surface area (Å²) in [6, 6.07) is 5.87. The highest BCUT2D eigenvalue weighted by Gasteiger charge is 2.23. The summed E-state index contributed by atoms with van der Waals surface area (Å²) in [6.45, 7) is 0. The second-order valence-corrected chi connectivity index (χ2v) is 5.88. The first kappa shape index (κ1) is 11.7. The van der Waals surface area contributed by atoms with Crippen LogP contribution in [-0.2, 0) is 0 Å². The van der Waals surface area contributed by atoms with Crippen molar-refractivity contribution in [1.29, 1.82) is 0 Å². The maximum atomic E-state index is 9.94. The van der Waals surface area contributed by atoms with E-state index in [4.69, 9.17) is 5.73 Å². The van der Waals surface area contributed by atoms with Gasteiger partial charge < -0.3 is 16.2 Å². The molecule has 0 amide bonds. The number of fused-ring (bicyclic) bond motifs is 1. The van der Waals surface area contributed by atoms with Crippen LogP contribution in [0.15, 0.2) is 18.2 Å². The molecule has 4 N–H and O–H groups in total. The van der Waals surface area contributed by atoms with Crippen molar-refractivity contribution in [3.63, 3.8) is 0 Å². The van der Waals surface area contributed by atoms with Gasteiger partial charge in [-0.1, -0.05) is 24.2 Å². The normalized spacial score (nSPS) is 24.3. The zero-order valence-electron chi connectivity index (χ0n) is 10.1. The molecule has 1 heterocycles. The molecule has 0 aliphatic heterocycles. The molecule has 2 atom stereocenters. The standard InChI is InChI=1S/C13H17N3OS/c14-8-5-6-10-12(7-8)18-13(16-10)15-9-3-1-2-4-11(9)17/h5-7,9,11,17H,1-4,14H2,(H,15,16). The summed E-state index contributed by atoms with van der Waals surface area (Å²) in [7, 11) is 0. The SMILES string of the molecule is Nc1ccc2nc(NC3CCCCC3O)sc2c1. The second kappa shape index (κ2) is 4.74. The lowest BCUT2D eigenvalue weighted by Crippen LogP contribution is -2.36. The molecule has 0 saturated heterocycles. The van der Waals surface area contributed by atoms with Gasteiger partial charge in [-0.05, 0) is 31.0 Å². The smallest absolute Gasteiger partial charge is 0.184 e. The van der Waals surface area contributed by atoms with Crippen molar-refractivity contribution in [2.45, 2.75) is 37.8 Å². The van der Waals surface area contributed by atoms with Crippen LogP contribution in [-0.4, -0.2) is 22.2 Å². The van der Waals surface area contributed by atoms with Gasteiger partial charge in [-0.2, -0.15) is 0 Å². The number of anilines is 2. The first-order valence-electron chi connectivity index (χ1n) is 6.33. The third-order valence-electron chi connectivity index (χ3n) is 3.45. The van der Waals surface area contributed by atoms with Crippen LogP contribution < -0.4 is 11.1 Å². The largest absolute Gasteiger partial charge is 0.399 e. The average Bonchev–Trinajstić information content (AvgIpc) is 2.73. The van der Waals surface area contributed by atoms with Crippen molar-refractivity contribution in [2.24, 2.45) is 0 Å². The topological polar surface area (TPSA) is 71.2 Å². The summed E-state index contributed by atoms with van der Waals surface area (Å²) in [6.07, 6.45) is 3.94. The Kier molecular flexibility index (Phi) is 3.09. The van der Waals surface area contributed by atoms with E-state index in [0.717, 1.165) is 40.3 Å². The third kappa shape index (κ3) is 2.28. The van der Waals surface area contributed by atoms with E-state index in [0.29, 0.717) is 0 Å². The Labute approximate surface area is 110 Å². The van der Waals surface area contributed by atoms with Gasteiger partial charge in [0.2, 0.25) is 0 Å². The Bertz CT molecular complexity index is 554. The molecule has 0 radical (unpaired) electrons. The summed E-state index contributed by atoms with van der Waals surface area (Å²) in [5.41, 5.74) is 7.48. The number of nitrogens with two attached hydrogens (primary N) is 1. The number of nitrogens with zero attached hydrogens (tertiary/aromatic N) is 1. The molecule has 1 fully saturated rings. The van der Waals surface area contributed by atoms with Crippen molar-refractivity contribution < 1.29 is 5.11 Å². The average molecular weight is 263 g/mol. The van der Waals surface area contributed by atoms with Crippen molar-refractivity contribution >= 4 is 32.4 Å². The van der Waals surface area contributed by atoms with Crippen LogP contribution in [0.1, 0.15) is 25.7 Å². The van der Waals surface area contributed by atoms with Crippen LogP contribution in [0.5, 0.6) is 0 Å². The van der Waals surface area contributed by atoms with Crippen LogP contribution in [0.25, 0.3) is 10.2 Å². The van der Waals surface area contributed by atoms with E-state index >= 15 is 0 Å². The first-order chi connectivity index (χ1) is 8.72. The molecule has 5 heteroatoms. The van der Waals surface area contributed by atoms with Gasteiger partial charge in [-0.25, -0.2) is 4.98 Å². The predicted molar refractivity (Wildman–Crippen MR) is 75.9 cm³/mol. The molecule has 2 unspecified atom stereocenters. The van der Waals surface area contributed by atoms with Crippen molar-refractivity contribution in [2.75, 3.05) is 11.1 Å². The number of nitrogen functional groups attached to an aromatic ring is 1. The second-order valence-electron chi connectivity index (χ2n) is 4.85. The number of aliphatic hydroxyl groups is 1. The van der Waals surface area contributed by atoms with Crippen molar-refractivity contribution in [3.05, 3.63) is 18.2 Å². The predicted octanol–water partition coefficient (Wildman–Crippen LogP) is 2.59. The third-order valence-corrected chi connectivity index (χ3v) is 4.40. The molecule has 1 aromatic heterocycles. The van der Waals surface area contributed by atoms with Gasteiger partial charge in [0.05, 0.1) is 22.4 Å². The zero-order valence-corrected chi connectivity index (χ0v) is 10.9. The van der Waals surface area contributed by atoms with Gasteiger partial charge in [0, 0.05) is 5.69 Å². The number of hydrogen-bond acceptors (Lipinski definition) is 5. The van der Waals surface area contributed by atoms with E-state index in [2.05, 4.69) is 10.3 Å². The fourth-order valence-corrected chi connectivity index (χ4v) is 3.42. The minimum atomic E-state index is -0.254. The van der Waals surface area contributed by atoms with Crippen LogP contribution >= 0.6 is 11.3 Å². The number of nitrogens with one attached hydrogen (secondary N) is 1. The number of aromatic nitrogens is 1. The van der Waals surface area contributed by atoms with E-state index in [1.54, 1.807) is 11.3 Å². The lowest BCUT2D eigenvalue weighted by molar-refractivity contribution is 0.116. The summed E-state index contributed by atoms with van der Waals surface area (Å²) in [5.74, 6) is 0. The van der Waals surface area contributed by atoms with Gasteiger partial charge in [-0.15, -0.1) is 0 Å². The van der Waals surface area contributed by atoms with Crippen LogP contribution in [0.2, 0.25) is 0 Å². The number of thiazole rings is 1. The van der Waals surface area contributed by atoms with Gasteiger partial charge in [0.15, 0.2) is 5.13 Å². The number of benzene rings is 1. The Morgan fingerprint density at radius 3 is 3.00 bits per heavy atom. The van der Waals surface area contributed by atoms with E-state index in [9.17, 15) is 5.11 Å². The molecular formula is C13H17N3OS. The van der Waals surface area contributed by atoms with Crippen LogP contribution in [0, 0.1) is 0 Å². The van der Waals surface area contributed by atoms with E-state index in [-0.39, 0.29) is 12.1 Å². The Hall–Kier alpha value is -1.33. The Balaban J connectivity index is 1.81. The van der Waals surface area contributed by atoms with Gasteiger partial charge in [0.1, 0.15) is 0 Å². The van der Waals surface area contributed by atoms with Gasteiger partial charge in [-0.3, -0.25) is 0 Å². The number of hydrogen-bond donors (Lipinski definition) is 3. The highest BCUT2D eigenvalue weighted by atomic mass is 32.1. The zero-order chi connectivity index (χ0) is 12.5. The molecular weight excluding hydrogens is 246 g/mol. The van der Waals surface area contributed by atoms with Crippen LogP contribution in [0.3, 0.4) is 0 Å². The van der Waals surface area contributed by atoms with Crippen LogP contribution in [0.4, 0.5) is 10.8 Å². The number of rotatable bonds is 2. The molecule has 1 aliphatic carbocycles. The molecule has 0 bridgehead atoms. The van der Waals surface area contributed by atoms with E-state index < -0.39 is 0 Å². The lowest BCUT2D eigenvalue weighted by Gasteiger charge is -2.27. The minimum absolute atomic E-state index is 0.136. The lowest BCUT2D eigenvalue weighted by atomic mass is 9.93. The molecule has 1 saturated carbocycles. The Morgan fingerprint density at radius 2 is 2.17 bits per heavy atom. The van der Waals surface area contributed by atoms with Crippen molar-refractivity contribution in [3.8, 4) is 0 Å². The summed E-state index contributed by atoms with van der Waals surface area (Å²) in [4.78, 5) is 4.52. The van der Waals surface area contributed by atoms with Gasteiger partial charge in [0.25, 0.3) is 0 Å². The maximum Gasteiger partial charge on any atom is 0.184 e. The monoisotopic (exact) mass is 263 g/mol. The Morgan fingerprint density at radius 1 is 1.33 bits per heavy atom. The fraction of sp³-hybridized carbons (Fsp3) is 0.462. The van der Waals surface area contributed by atoms with E-state index in [1.807, 2.05) is 18.2 Å². The minimum Gasteiger partial charge on any atom is -0.399 e. The van der Waals surface area contributed by atoms with Gasteiger partial charge >= 0.3 is 0 Å².